The summed E-state index contributed by atoms with van der Waals surface area (Å²) in [6, 6.07) is 10.4. The van der Waals surface area contributed by atoms with Crippen molar-refractivity contribution < 1.29 is 4.79 Å². The van der Waals surface area contributed by atoms with Gasteiger partial charge in [-0.2, -0.15) is 0 Å². The third-order valence-corrected chi connectivity index (χ3v) is 6.97. The first-order valence-corrected chi connectivity index (χ1v) is 11.8. The number of halogens is 1. The molecule has 3 heterocycles. The van der Waals surface area contributed by atoms with Crippen LogP contribution in [0.3, 0.4) is 0 Å². The standard InChI is InChI=1S/C24H30BrN5O/c1-16-22(25)15-23-24(26-16)30(17(2)27-23)11-5-10-29-12-8-19(9-13-29)20-6-4-7-21(14-20)28-18(3)31/h4,6-7,14-15,19H,5,8-13H2,1-3H3,(H,28,31). The maximum absolute atomic E-state index is 11.3. The normalized spacial score (nSPS) is 15.5. The maximum atomic E-state index is 11.3. The van der Waals surface area contributed by atoms with Crippen LogP contribution in [0.1, 0.15) is 49.2 Å². The monoisotopic (exact) mass is 483 g/mol. The van der Waals surface area contributed by atoms with E-state index < -0.39 is 0 Å². The molecule has 1 aliphatic heterocycles. The molecule has 4 rings (SSSR count). The molecule has 1 aliphatic rings. The molecular formula is C24H30BrN5O. The molecule has 0 unspecified atom stereocenters. The molecule has 164 valence electrons. The highest BCUT2D eigenvalue weighted by atomic mass is 79.9. The van der Waals surface area contributed by atoms with Crippen LogP contribution in [0.5, 0.6) is 0 Å². The van der Waals surface area contributed by atoms with Crippen LogP contribution in [-0.2, 0) is 11.3 Å². The van der Waals surface area contributed by atoms with Crippen LogP contribution >= 0.6 is 15.9 Å². The van der Waals surface area contributed by atoms with E-state index in [1.54, 1.807) is 6.92 Å². The first-order valence-electron chi connectivity index (χ1n) is 11.0. The number of benzene rings is 1. The summed E-state index contributed by atoms with van der Waals surface area (Å²) in [7, 11) is 0. The van der Waals surface area contributed by atoms with Gasteiger partial charge in [-0.1, -0.05) is 12.1 Å². The Bertz CT molecular complexity index is 1090. The number of carbonyl (C=O) groups excluding carboxylic acids is 1. The Hall–Kier alpha value is -2.25. The summed E-state index contributed by atoms with van der Waals surface area (Å²) in [5, 5.41) is 2.89. The van der Waals surface area contributed by atoms with Crippen molar-refractivity contribution in [1.82, 2.24) is 19.4 Å². The second kappa shape index (κ2) is 9.49. The van der Waals surface area contributed by atoms with Crippen LogP contribution in [0.4, 0.5) is 5.69 Å². The molecule has 1 aromatic carbocycles. The summed E-state index contributed by atoms with van der Waals surface area (Å²) < 4.78 is 3.25. The van der Waals surface area contributed by atoms with Gasteiger partial charge in [0.05, 0.1) is 5.69 Å². The number of nitrogens with zero attached hydrogens (tertiary/aromatic N) is 4. The molecule has 3 aromatic rings. The summed E-state index contributed by atoms with van der Waals surface area (Å²) in [5.74, 6) is 1.57. The summed E-state index contributed by atoms with van der Waals surface area (Å²) >= 11 is 3.55. The number of piperidine rings is 1. The maximum Gasteiger partial charge on any atom is 0.221 e. The van der Waals surface area contributed by atoms with Crippen LogP contribution in [0.2, 0.25) is 0 Å². The number of hydrogen-bond donors (Lipinski definition) is 1. The van der Waals surface area contributed by atoms with Gasteiger partial charge < -0.3 is 14.8 Å². The Labute approximate surface area is 192 Å². The summed E-state index contributed by atoms with van der Waals surface area (Å²) in [6.07, 6.45) is 3.41. The minimum atomic E-state index is -0.0223. The van der Waals surface area contributed by atoms with E-state index in [2.05, 4.69) is 60.8 Å². The lowest BCUT2D eigenvalue weighted by Gasteiger charge is -2.32. The molecule has 0 atom stereocenters. The zero-order chi connectivity index (χ0) is 22.0. The van der Waals surface area contributed by atoms with Gasteiger partial charge in [0.1, 0.15) is 11.3 Å². The average molecular weight is 484 g/mol. The first-order chi connectivity index (χ1) is 14.9. The Morgan fingerprint density at radius 1 is 1.16 bits per heavy atom. The van der Waals surface area contributed by atoms with Crippen molar-refractivity contribution in [2.75, 3.05) is 25.0 Å². The smallest absolute Gasteiger partial charge is 0.221 e. The lowest BCUT2D eigenvalue weighted by Crippen LogP contribution is -2.34. The van der Waals surface area contributed by atoms with Crippen molar-refractivity contribution in [1.29, 1.82) is 0 Å². The molecule has 31 heavy (non-hydrogen) atoms. The van der Waals surface area contributed by atoms with Gasteiger partial charge in [0.25, 0.3) is 0 Å². The first kappa shape index (κ1) is 22.0. The molecule has 6 nitrogen and oxygen atoms in total. The Kier molecular flexibility index (Phi) is 6.72. The minimum Gasteiger partial charge on any atom is -0.326 e. The molecule has 0 spiro atoms. The summed E-state index contributed by atoms with van der Waals surface area (Å²) in [6.45, 7) is 9.89. The van der Waals surface area contributed by atoms with Crippen LogP contribution in [-0.4, -0.2) is 45.0 Å². The number of aromatic nitrogens is 3. The molecule has 1 fully saturated rings. The fraction of sp³-hybridized carbons (Fsp3) is 0.458. The van der Waals surface area contributed by atoms with Gasteiger partial charge in [-0.25, -0.2) is 9.97 Å². The van der Waals surface area contributed by atoms with E-state index in [4.69, 9.17) is 4.98 Å². The van der Waals surface area contributed by atoms with Gasteiger partial charge in [-0.15, -0.1) is 0 Å². The van der Waals surface area contributed by atoms with E-state index >= 15 is 0 Å². The predicted molar refractivity (Wildman–Crippen MR) is 128 cm³/mol. The van der Waals surface area contributed by atoms with E-state index in [0.29, 0.717) is 5.92 Å². The van der Waals surface area contributed by atoms with Gasteiger partial charge in [0.15, 0.2) is 5.65 Å². The van der Waals surface area contributed by atoms with Gasteiger partial charge >= 0.3 is 0 Å². The summed E-state index contributed by atoms with van der Waals surface area (Å²) in [4.78, 5) is 23.3. The number of imidazole rings is 1. The molecular weight excluding hydrogens is 454 g/mol. The Morgan fingerprint density at radius 2 is 1.94 bits per heavy atom. The molecule has 0 aliphatic carbocycles. The number of aryl methyl sites for hydroxylation is 3. The number of hydrogen-bond acceptors (Lipinski definition) is 4. The number of carbonyl (C=O) groups is 1. The van der Waals surface area contributed by atoms with Gasteiger partial charge in [-0.05, 0) is 98.4 Å². The minimum absolute atomic E-state index is 0.0223. The third kappa shape index (κ3) is 5.15. The van der Waals surface area contributed by atoms with E-state index in [-0.39, 0.29) is 5.91 Å². The lowest BCUT2D eigenvalue weighted by atomic mass is 9.89. The quantitative estimate of drug-likeness (QED) is 0.533. The zero-order valence-electron chi connectivity index (χ0n) is 18.5. The second-order valence-electron chi connectivity index (χ2n) is 8.49. The van der Waals surface area contributed by atoms with Gasteiger partial charge in [-0.3, -0.25) is 4.79 Å². The molecule has 1 amide bonds. The van der Waals surface area contributed by atoms with Crippen molar-refractivity contribution in [3.63, 3.8) is 0 Å². The van der Waals surface area contributed by atoms with Crippen molar-refractivity contribution in [2.45, 2.75) is 52.5 Å². The Balaban J connectivity index is 1.30. The van der Waals surface area contributed by atoms with E-state index in [1.165, 1.54) is 5.56 Å². The fourth-order valence-electron chi connectivity index (χ4n) is 4.51. The molecule has 0 saturated carbocycles. The van der Waals surface area contributed by atoms with Crippen LogP contribution < -0.4 is 5.32 Å². The largest absolute Gasteiger partial charge is 0.326 e. The van der Waals surface area contributed by atoms with E-state index in [1.807, 2.05) is 19.1 Å². The zero-order valence-corrected chi connectivity index (χ0v) is 20.1. The number of rotatable bonds is 6. The topological polar surface area (TPSA) is 63.1 Å². The average Bonchev–Trinajstić information content (AvgIpc) is 3.03. The highest BCUT2D eigenvalue weighted by Crippen LogP contribution is 2.30. The fourth-order valence-corrected chi connectivity index (χ4v) is 4.82. The number of nitrogens with one attached hydrogen (secondary N) is 1. The van der Waals surface area contributed by atoms with Crippen LogP contribution in [0.25, 0.3) is 11.2 Å². The molecule has 1 saturated heterocycles. The highest BCUT2D eigenvalue weighted by molar-refractivity contribution is 9.10. The molecule has 1 N–H and O–H groups in total. The lowest BCUT2D eigenvalue weighted by molar-refractivity contribution is -0.114. The van der Waals surface area contributed by atoms with E-state index in [9.17, 15) is 4.79 Å². The van der Waals surface area contributed by atoms with Crippen molar-refractivity contribution >= 4 is 38.7 Å². The molecule has 7 heteroatoms. The third-order valence-electron chi connectivity index (χ3n) is 6.16. The number of anilines is 1. The van der Waals surface area contributed by atoms with Crippen LogP contribution in [0, 0.1) is 13.8 Å². The number of fused-ring (bicyclic) bond motifs is 1. The van der Waals surface area contributed by atoms with Gasteiger partial charge in [0.2, 0.25) is 5.91 Å². The number of amides is 1. The van der Waals surface area contributed by atoms with Gasteiger partial charge in [0, 0.05) is 23.6 Å². The number of pyridine rings is 1. The van der Waals surface area contributed by atoms with Crippen molar-refractivity contribution in [2.24, 2.45) is 0 Å². The molecule has 2 aromatic heterocycles. The van der Waals surface area contributed by atoms with Crippen molar-refractivity contribution in [3.8, 4) is 0 Å². The highest BCUT2D eigenvalue weighted by Gasteiger charge is 2.21. The Morgan fingerprint density at radius 3 is 2.68 bits per heavy atom. The SMILES string of the molecule is CC(=O)Nc1cccc(C2CCN(CCCn3c(C)nc4cc(Br)c(C)nc43)CC2)c1. The number of likely N-dealkylation sites (tertiary alicyclic amines) is 1. The molecule has 0 bridgehead atoms. The van der Waals surface area contributed by atoms with E-state index in [0.717, 1.165) is 78.3 Å². The van der Waals surface area contributed by atoms with Crippen molar-refractivity contribution in [3.05, 3.63) is 51.9 Å². The second-order valence-corrected chi connectivity index (χ2v) is 9.34. The summed E-state index contributed by atoms with van der Waals surface area (Å²) in [5.41, 5.74) is 5.16. The molecule has 0 radical (unpaired) electrons. The van der Waals surface area contributed by atoms with Crippen LogP contribution in [0.15, 0.2) is 34.8 Å². The predicted octanol–water partition coefficient (Wildman–Crippen LogP) is 5.04.